The van der Waals surface area contributed by atoms with Gasteiger partial charge in [0.25, 0.3) is 0 Å². The van der Waals surface area contributed by atoms with Crippen molar-refractivity contribution in [2.24, 2.45) is 0 Å². The van der Waals surface area contributed by atoms with Gasteiger partial charge in [-0.05, 0) is 63.4 Å². The lowest BCUT2D eigenvalue weighted by Gasteiger charge is -2.12. The Morgan fingerprint density at radius 1 is 1.00 bits per heavy atom. The van der Waals surface area contributed by atoms with Crippen LogP contribution in [0.4, 0.5) is 0 Å². The van der Waals surface area contributed by atoms with Crippen LogP contribution in [0.1, 0.15) is 38.4 Å². The molecule has 4 nitrogen and oxygen atoms in total. The Hall–Kier alpha value is -2.23. The predicted molar refractivity (Wildman–Crippen MR) is 83.0 cm³/mol. The number of rotatable bonds is 3. The summed E-state index contributed by atoms with van der Waals surface area (Å²) in [5, 5.41) is 0. The molecule has 0 N–H and O–H groups in total. The van der Waals surface area contributed by atoms with Crippen LogP contribution in [0.5, 0.6) is 0 Å². The van der Waals surface area contributed by atoms with E-state index >= 15 is 0 Å². The highest BCUT2D eigenvalue weighted by Gasteiger charge is 2.14. The molecule has 1 heterocycles. The Morgan fingerprint density at radius 2 is 1.62 bits per heavy atom. The zero-order chi connectivity index (χ0) is 15.7. The first kappa shape index (κ1) is 15.2. The van der Waals surface area contributed by atoms with Gasteiger partial charge in [0.05, 0.1) is 6.54 Å². The van der Waals surface area contributed by atoms with Crippen LogP contribution in [0.15, 0.2) is 23.0 Å². The standard InChI is InChI=1S/C17H20N2O2/c1-10-6-12(3)15(7-11(10)2)16(20)9-19-14(5)8-13(4)18-17(19)21/h6-8H,9H2,1-5H3. The Balaban J connectivity index is 2.40. The highest BCUT2D eigenvalue weighted by molar-refractivity contribution is 5.97. The van der Waals surface area contributed by atoms with Crippen LogP contribution in [0.2, 0.25) is 0 Å². The molecule has 2 rings (SSSR count). The lowest BCUT2D eigenvalue weighted by Crippen LogP contribution is -2.29. The molecular formula is C17H20N2O2. The molecule has 0 fully saturated rings. The summed E-state index contributed by atoms with van der Waals surface area (Å²) in [5.41, 5.74) is 4.90. The fourth-order valence-corrected chi connectivity index (χ4v) is 2.46. The average Bonchev–Trinajstić information content (AvgIpc) is 2.37. The smallest absolute Gasteiger partial charge is 0.292 e. The highest BCUT2D eigenvalue weighted by Crippen LogP contribution is 2.16. The molecule has 2 aromatic rings. The lowest BCUT2D eigenvalue weighted by molar-refractivity contribution is 0.0968. The molecule has 110 valence electrons. The maximum atomic E-state index is 12.5. The fourth-order valence-electron chi connectivity index (χ4n) is 2.46. The van der Waals surface area contributed by atoms with Crippen LogP contribution in [0.25, 0.3) is 0 Å². The summed E-state index contributed by atoms with van der Waals surface area (Å²) in [6, 6.07) is 5.71. The van der Waals surface area contributed by atoms with Crippen molar-refractivity contribution >= 4 is 5.78 Å². The molecule has 0 saturated heterocycles. The number of nitrogens with zero attached hydrogens (tertiary/aromatic N) is 2. The second-order valence-corrected chi connectivity index (χ2v) is 5.58. The third-order valence-electron chi connectivity index (χ3n) is 3.79. The van der Waals surface area contributed by atoms with E-state index in [0.717, 1.165) is 22.4 Å². The van der Waals surface area contributed by atoms with Crippen molar-refractivity contribution in [1.29, 1.82) is 0 Å². The van der Waals surface area contributed by atoms with Gasteiger partial charge in [-0.25, -0.2) is 4.79 Å². The molecule has 0 amide bonds. The number of carbonyl (C=O) groups is 1. The quantitative estimate of drug-likeness (QED) is 0.814. The molecule has 0 atom stereocenters. The SMILES string of the molecule is Cc1cc(C)n(CC(=O)c2cc(C)c(C)cc2C)c(=O)n1. The summed E-state index contributed by atoms with van der Waals surface area (Å²) < 4.78 is 1.42. The van der Waals surface area contributed by atoms with E-state index in [1.54, 1.807) is 6.92 Å². The molecule has 0 aliphatic heterocycles. The number of carbonyl (C=O) groups excluding carboxylic acids is 1. The Bertz CT molecular complexity index is 773. The summed E-state index contributed by atoms with van der Waals surface area (Å²) in [6.45, 7) is 9.54. The minimum atomic E-state index is -0.373. The van der Waals surface area contributed by atoms with Gasteiger partial charge in [-0.2, -0.15) is 4.98 Å². The monoisotopic (exact) mass is 284 g/mol. The minimum absolute atomic E-state index is 0.0291. The van der Waals surface area contributed by atoms with Crippen molar-refractivity contribution in [2.45, 2.75) is 41.2 Å². The van der Waals surface area contributed by atoms with Crippen molar-refractivity contribution in [3.63, 3.8) is 0 Å². The predicted octanol–water partition coefficient (Wildman–Crippen LogP) is 2.67. The topological polar surface area (TPSA) is 52.0 Å². The Morgan fingerprint density at radius 3 is 2.24 bits per heavy atom. The summed E-state index contributed by atoms with van der Waals surface area (Å²) >= 11 is 0. The van der Waals surface area contributed by atoms with E-state index in [-0.39, 0.29) is 18.0 Å². The zero-order valence-electron chi connectivity index (χ0n) is 13.2. The molecule has 1 aromatic heterocycles. The first-order chi connectivity index (χ1) is 9.79. The average molecular weight is 284 g/mol. The van der Waals surface area contributed by atoms with Gasteiger partial charge in [0.1, 0.15) is 0 Å². The first-order valence-corrected chi connectivity index (χ1v) is 6.95. The second kappa shape index (κ2) is 5.64. The van der Waals surface area contributed by atoms with E-state index in [0.29, 0.717) is 11.3 Å². The number of aromatic nitrogens is 2. The summed E-state index contributed by atoms with van der Waals surface area (Å²) in [5.74, 6) is -0.0635. The third-order valence-corrected chi connectivity index (χ3v) is 3.79. The maximum Gasteiger partial charge on any atom is 0.348 e. The van der Waals surface area contributed by atoms with E-state index in [1.165, 1.54) is 4.57 Å². The number of Topliss-reactive ketones (excluding diaryl/α,β-unsaturated/α-hetero) is 1. The molecule has 0 unspecified atom stereocenters. The minimum Gasteiger partial charge on any atom is -0.292 e. The molecule has 21 heavy (non-hydrogen) atoms. The van der Waals surface area contributed by atoms with Crippen molar-refractivity contribution in [2.75, 3.05) is 0 Å². The highest BCUT2D eigenvalue weighted by atomic mass is 16.2. The van der Waals surface area contributed by atoms with Crippen LogP contribution in [-0.4, -0.2) is 15.3 Å². The van der Waals surface area contributed by atoms with E-state index in [4.69, 9.17) is 0 Å². The molecule has 4 heteroatoms. The number of hydrogen-bond donors (Lipinski definition) is 0. The molecular weight excluding hydrogens is 264 g/mol. The van der Waals surface area contributed by atoms with Crippen molar-refractivity contribution in [1.82, 2.24) is 9.55 Å². The molecule has 0 radical (unpaired) electrons. The largest absolute Gasteiger partial charge is 0.348 e. The summed E-state index contributed by atoms with van der Waals surface area (Å²) in [6.07, 6.45) is 0. The first-order valence-electron chi connectivity index (χ1n) is 6.95. The molecule has 0 aliphatic carbocycles. The Labute approximate surface area is 124 Å². The van der Waals surface area contributed by atoms with Gasteiger partial charge in [-0.15, -0.1) is 0 Å². The van der Waals surface area contributed by atoms with Crippen molar-refractivity contribution < 1.29 is 4.79 Å². The van der Waals surface area contributed by atoms with Gasteiger partial charge < -0.3 is 0 Å². The zero-order valence-corrected chi connectivity index (χ0v) is 13.2. The van der Waals surface area contributed by atoms with Gasteiger partial charge in [0.2, 0.25) is 0 Å². The van der Waals surface area contributed by atoms with Gasteiger partial charge >= 0.3 is 5.69 Å². The summed E-state index contributed by atoms with van der Waals surface area (Å²) in [7, 11) is 0. The molecule has 0 saturated carbocycles. The normalized spacial score (nSPS) is 10.7. The Kier molecular flexibility index (Phi) is 4.07. The van der Waals surface area contributed by atoms with Gasteiger partial charge in [0.15, 0.2) is 5.78 Å². The number of hydrogen-bond acceptors (Lipinski definition) is 3. The van der Waals surface area contributed by atoms with E-state index in [9.17, 15) is 9.59 Å². The van der Waals surface area contributed by atoms with E-state index in [1.807, 2.05) is 45.9 Å². The van der Waals surface area contributed by atoms with Crippen LogP contribution < -0.4 is 5.69 Å². The molecule has 0 spiro atoms. The van der Waals surface area contributed by atoms with Crippen LogP contribution in [-0.2, 0) is 6.54 Å². The van der Waals surface area contributed by atoms with Crippen molar-refractivity contribution in [3.05, 3.63) is 62.3 Å². The number of benzene rings is 1. The third kappa shape index (κ3) is 3.10. The number of ketones is 1. The summed E-state index contributed by atoms with van der Waals surface area (Å²) in [4.78, 5) is 28.3. The maximum absolute atomic E-state index is 12.5. The van der Waals surface area contributed by atoms with E-state index < -0.39 is 0 Å². The van der Waals surface area contributed by atoms with Gasteiger partial charge in [-0.1, -0.05) is 6.07 Å². The number of aryl methyl sites for hydroxylation is 5. The fraction of sp³-hybridized carbons (Fsp3) is 0.353. The second-order valence-electron chi connectivity index (χ2n) is 5.58. The molecule has 1 aromatic carbocycles. The van der Waals surface area contributed by atoms with Crippen molar-refractivity contribution in [3.8, 4) is 0 Å². The van der Waals surface area contributed by atoms with Crippen LogP contribution >= 0.6 is 0 Å². The van der Waals surface area contributed by atoms with Gasteiger partial charge in [0, 0.05) is 17.0 Å². The molecule has 0 aliphatic rings. The molecule has 0 bridgehead atoms. The van der Waals surface area contributed by atoms with Crippen LogP contribution in [0, 0.1) is 34.6 Å². The van der Waals surface area contributed by atoms with Gasteiger partial charge in [-0.3, -0.25) is 9.36 Å². The lowest BCUT2D eigenvalue weighted by atomic mass is 9.98. The van der Waals surface area contributed by atoms with Crippen LogP contribution in [0.3, 0.4) is 0 Å². The van der Waals surface area contributed by atoms with E-state index in [2.05, 4.69) is 4.98 Å².